The normalized spacial score (nSPS) is 12.5. The molecule has 0 nitrogen and oxygen atoms in total. The molecule has 9 aromatic carbocycles. The van der Waals surface area contributed by atoms with Crippen LogP contribution in [0.15, 0.2) is 231 Å². The monoisotopic (exact) mass is 698 g/mol. The Hall–Kier alpha value is -7.02. The van der Waals surface area contributed by atoms with Gasteiger partial charge in [0.1, 0.15) is 0 Å². The van der Waals surface area contributed by atoms with Crippen LogP contribution in [-0.2, 0) is 5.41 Å². The van der Waals surface area contributed by atoms with Crippen LogP contribution in [0.25, 0.3) is 66.8 Å². The fraction of sp³-hybridized carbons (Fsp3) is 0.0182. The largest absolute Gasteiger partial charge is 0.0714 e. The molecule has 55 heavy (non-hydrogen) atoms. The van der Waals surface area contributed by atoms with Gasteiger partial charge in [0.15, 0.2) is 0 Å². The summed E-state index contributed by atoms with van der Waals surface area (Å²) in [4.78, 5) is 0. The van der Waals surface area contributed by atoms with Crippen LogP contribution < -0.4 is 0 Å². The Balaban J connectivity index is 1.17. The molecule has 0 fully saturated rings. The van der Waals surface area contributed by atoms with Crippen molar-refractivity contribution in [2.45, 2.75) is 5.41 Å². The van der Waals surface area contributed by atoms with Crippen LogP contribution >= 0.6 is 0 Å². The number of hydrogen-bond donors (Lipinski definition) is 0. The second kappa shape index (κ2) is 13.8. The summed E-state index contributed by atoms with van der Waals surface area (Å²) >= 11 is 0. The first-order valence-electron chi connectivity index (χ1n) is 19.1. The zero-order valence-electron chi connectivity index (χ0n) is 30.4. The number of hydrogen-bond acceptors (Lipinski definition) is 0. The van der Waals surface area contributed by atoms with Gasteiger partial charge in [0.25, 0.3) is 0 Å². The zero-order valence-corrected chi connectivity index (χ0v) is 30.4. The van der Waals surface area contributed by atoms with Gasteiger partial charge in [-0.05, 0) is 101 Å². The Morgan fingerprint density at radius 3 is 0.818 bits per heavy atom. The van der Waals surface area contributed by atoms with Crippen LogP contribution in [-0.4, -0.2) is 0 Å². The van der Waals surface area contributed by atoms with E-state index in [2.05, 4.69) is 231 Å². The SMILES string of the molecule is c1ccc(-c2ccc(-c3ccc4c(c3)C(c3ccccc3)(c3ccc(-c5ccccc5)cc3)c3cc(-c5ccc(-c6ccccc6)cc5)ccc3-4)cc2)cc1. The molecule has 0 bridgehead atoms. The third kappa shape index (κ3) is 5.71. The Kier molecular flexibility index (Phi) is 8.16. The van der Waals surface area contributed by atoms with Crippen molar-refractivity contribution in [3.05, 3.63) is 253 Å². The molecule has 1 aliphatic carbocycles. The molecular formula is C55H38. The van der Waals surface area contributed by atoms with E-state index in [1.807, 2.05) is 0 Å². The Morgan fingerprint density at radius 2 is 0.455 bits per heavy atom. The van der Waals surface area contributed by atoms with Crippen molar-refractivity contribution in [1.29, 1.82) is 0 Å². The van der Waals surface area contributed by atoms with E-state index >= 15 is 0 Å². The first-order valence-corrected chi connectivity index (χ1v) is 19.1. The fourth-order valence-electron chi connectivity index (χ4n) is 8.67. The molecule has 0 N–H and O–H groups in total. The zero-order chi connectivity index (χ0) is 36.6. The molecule has 1 aliphatic rings. The molecule has 0 aliphatic heterocycles. The second-order valence-electron chi connectivity index (χ2n) is 14.5. The summed E-state index contributed by atoms with van der Waals surface area (Å²) < 4.78 is 0. The van der Waals surface area contributed by atoms with Gasteiger partial charge >= 0.3 is 0 Å². The van der Waals surface area contributed by atoms with Crippen molar-refractivity contribution in [2.24, 2.45) is 0 Å². The highest BCUT2D eigenvalue weighted by molar-refractivity contribution is 5.90. The lowest BCUT2D eigenvalue weighted by atomic mass is 9.67. The summed E-state index contributed by atoms with van der Waals surface area (Å²) in [7, 11) is 0. The van der Waals surface area contributed by atoms with Gasteiger partial charge in [-0.3, -0.25) is 0 Å². The first kappa shape index (κ1) is 32.6. The van der Waals surface area contributed by atoms with Crippen LogP contribution in [0.4, 0.5) is 0 Å². The highest BCUT2D eigenvalue weighted by Crippen LogP contribution is 2.57. The van der Waals surface area contributed by atoms with Crippen molar-refractivity contribution >= 4 is 0 Å². The maximum Gasteiger partial charge on any atom is 0.0714 e. The fourth-order valence-corrected chi connectivity index (χ4v) is 8.67. The van der Waals surface area contributed by atoms with Gasteiger partial charge < -0.3 is 0 Å². The summed E-state index contributed by atoms with van der Waals surface area (Å²) in [5.41, 5.74) is 19.3. The third-order valence-electron chi connectivity index (χ3n) is 11.4. The molecular weight excluding hydrogens is 661 g/mol. The molecule has 0 saturated carbocycles. The van der Waals surface area contributed by atoms with Gasteiger partial charge in [0.2, 0.25) is 0 Å². The van der Waals surface area contributed by atoms with Crippen molar-refractivity contribution in [2.75, 3.05) is 0 Å². The van der Waals surface area contributed by atoms with E-state index in [0.717, 1.165) is 0 Å². The first-order chi connectivity index (χ1) is 27.3. The van der Waals surface area contributed by atoms with E-state index in [1.165, 1.54) is 89.0 Å². The lowest BCUT2D eigenvalue weighted by molar-refractivity contribution is 0.769. The van der Waals surface area contributed by atoms with E-state index in [4.69, 9.17) is 0 Å². The number of rotatable bonds is 7. The van der Waals surface area contributed by atoms with Gasteiger partial charge in [-0.1, -0.05) is 218 Å². The van der Waals surface area contributed by atoms with Crippen LogP contribution in [0.3, 0.4) is 0 Å². The molecule has 0 unspecified atom stereocenters. The second-order valence-corrected chi connectivity index (χ2v) is 14.5. The van der Waals surface area contributed by atoms with E-state index in [-0.39, 0.29) is 0 Å². The van der Waals surface area contributed by atoms with Crippen molar-refractivity contribution in [3.63, 3.8) is 0 Å². The summed E-state index contributed by atoms with van der Waals surface area (Å²) in [6.45, 7) is 0. The molecule has 0 heteroatoms. The standard InChI is InChI=1S/C55H38/c1-5-13-39(14-6-1)42-21-25-45(26-22-42)47-31-35-51-52-36-32-48(46-27-23-43(24-28-46)40-15-7-2-8-16-40)38-54(52)55(53(51)37-47,49-19-11-4-12-20-49)50-33-29-44(30-34-50)41-17-9-3-10-18-41/h1-38H. The van der Waals surface area contributed by atoms with Gasteiger partial charge in [0, 0.05) is 0 Å². The van der Waals surface area contributed by atoms with Crippen molar-refractivity contribution in [1.82, 2.24) is 0 Å². The molecule has 9 aromatic rings. The molecule has 10 rings (SSSR count). The van der Waals surface area contributed by atoms with Gasteiger partial charge in [-0.25, -0.2) is 0 Å². The molecule has 0 aromatic heterocycles. The summed E-state index contributed by atoms with van der Waals surface area (Å²) in [6.07, 6.45) is 0. The average Bonchev–Trinajstić information content (AvgIpc) is 3.57. The molecule has 0 saturated heterocycles. The minimum atomic E-state index is -0.541. The summed E-state index contributed by atoms with van der Waals surface area (Å²) in [5, 5.41) is 0. The maximum atomic E-state index is 2.46. The highest BCUT2D eigenvalue weighted by Gasteiger charge is 2.46. The molecule has 0 amide bonds. The Bertz CT molecular complexity index is 2600. The van der Waals surface area contributed by atoms with Crippen LogP contribution in [0, 0.1) is 0 Å². The lowest BCUT2D eigenvalue weighted by Crippen LogP contribution is -2.28. The summed E-state index contributed by atoms with van der Waals surface area (Å²) in [5.74, 6) is 0. The lowest BCUT2D eigenvalue weighted by Gasteiger charge is -2.34. The quantitative estimate of drug-likeness (QED) is 0.155. The number of benzene rings is 9. The third-order valence-corrected chi connectivity index (χ3v) is 11.4. The highest BCUT2D eigenvalue weighted by atomic mass is 14.5. The van der Waals surface area contributed by atoms with Gasteiger partial charge in [-0.15, -0.1) is 0 Å². The van der Waals surface area contributed by atoms with Crippen molar-refractivity contribution in [3.8, 4) is 66.8 Å². The maximum absolute atomic E-state index is 2.46. The topological polar surface area (TPSA) is 0 Å². The minimum Gasteiger partial charge on any atom is -0.0622 e. The van der Waals surface area contributed by atoms with E-state index < -0.39 is 5.41 Å². The van der Waals surface area contributed by atoms with Crippen LogP contribution in [0.1, 0.15) is 22.3 Å². The molecule has 0 radical (unpaired) electrons. The molecule has 258 valence electrons. The van der Waals surface area contributed by atoms with E-state index in [1.54, 1.807) is 0 Å². The smallest absolute Gasteiger partial charge is 0.0622 e. The average molecular weight is 699 g/mol. The molecule has 0 atom stereocenters. The molecule has 0 heterocycles. The van der Waals surface area contributed by atoms with Crippen LogP contribution in [0.5, 0.6) is 0 Å². The predicted molar refractivity (Wildman–Crippen MR) is 231 cm³/mol. The van der Waals surface area contributed by atoms with E-state index in [0.29, 0.717) is 0 Å². The molecule has 0 spiro atoms. The van der Waals surface area contributed by atoms with Crippen LogP contribution in [0.2, 0.25) is 0 Å². The summed E-state index contributed by atoms with van der Waals surface area (Å²) in [6, 6.07) is 84.6. The van der Waals surface area contributed by atoms with Crippen molar-refractivity contribution < 1.29 is 0 Å². The predicted octanol–water partition coefficient (Wildman–Crippen LogP) is 14.4. The van der Waals surface area contributed by atoms with Gasteiger partial charge in [0.05, 0.1) is 5.41 Å². The van der Waals surface area contributed by atoms with E-state index in [9.17, 15) is 0 Å². The van der Waals surface area contributed by atoms with Gasteiger partial charge in [-0.2, -0.15) is 0 Å². The number of fused-ring (bicyclic) bond motifs is 3. The Morgan fingerprint density at radius 1 is 0.200 bits per heavy atom. The minimum absolute atomic E-state index is 0.541. The Labute approximate surface area is 323 Å².